The number of rotatable bonds is 1. The summed E-state index contributed by atoms with van der Waals surface area (Å²) in [6.07, 6.45) is 6.05. The third-order valence-corrected chi connectivity index (χ3v) is 1.79. The number of aromatic nitrogens is 2. The van der Waals surface area contributed by atoms with Gasteiger partial charge >= 0.3 is 6.39 Å². The van der Waals surface area contributed by atoms with E-state index in [-0.39, 0.29) is 0 Å². The number of nitrogens with zero attached hydrogens (tertiary/aromatic N) is 2. The molecule has 2 rings (SSSR count). The van der Waals surface area contributed by atoms with Crippen molar-refractivity contribution in [2.75, 3.05) is 0 Å². The molecule has 0 N–H and O–H groups in total. The molecule has 3 heteroatoms. The van der Waals surface area contributed by atoms with Crippen LogP contribution in [0.15, 0.2) is 4.42 Å². The van der Waals surface area contributed by atoms with Gasteiger partial charge < -0.3 is 4.42 Å². The maximum Gasteiger partial charge on any atom is 0.305 e. The van der Waals surface area contributed by atoms with E-state index in [9.17, 15) is 0 Å². The predicted octanol–water partition coefficient (Wildman–Crippen LogP) is 1.14. The van der Waals surface area contributed by atoms with Crippen LogP contribution in [0, 0.1) is 6.39 Å². The fraction of sp³-hybridized carbons (Fsp3) is 0.667. The standard InChI is InChI=1S/C6H7N2O/c1-2-5(3-1)6-8-7-4-9-6/h5H,1-3H2. The summed E-state index contributed by atoms with van der Waals surface area (Å²) >= 11 is 0. The molecule has 0 spiro atoms. The highest BCUT2D eigenvalue weighted by Gasteiger charge is 2.23. The lowest BCUT2D eigenvalue weighted by Gasteiger charge is -2.20. The average Bonchev–Trinajstić information content (AvgIpc) is 2.11. The van der Waals surface area contributed by atoms with Crippen LogP contribution in [-0.2, 0) is 0 Å². The second kappa shape index (κ2) is 1.83. The van der Waals surface area contributed by atoms with E-state index in [2.05, 4.69) is 16.6 Å². The van der Waals surface area contributed by atoms with Gasteiger partial charge in [0.25, 0.3) is 0 Å². The molecule has 0 aliphatic heterocycles. The number of hydrogen-bond donors (Lipinski definition) is 0. The van der Waals surface area contributed by atoms with Crippen molar-refractivity contribution in [3.63, 3.8) is 0 Å². The molecule has 1 aromatic heterocycles. The SMILES string of the molecule is [c]1nnc(C2CCC2)o1. The Labute approximate surface area is 53.1 Å². The van der Waals surface area contributed by atoms with Crippen molar-refractivity contribution in [2.45, 2.75) is 25.2 Å². The largest absolute Gasteiger partial charge is 0.417 e. The lowest BCUT2D eigenvalue weighted by Crippen LogP contribution is -2.08. The molecule has 3 nitrogen and oxygen atoms in total. The zero-order valence-corrected chi connectivity index (χ0v) is 5.00. The van der Waals surface area contributed by atoms with Gasteiger partial charge in [-0.1, -0.05) is 6.42 Å². The highest BCUT2D eigenvalue weighted by atomic mass is 16.4. The van der Waals surface area contributed by atoms with Crippen molar-refractivity contribution in [2.24, 2.45) is 0 Å². The molecule has 1 fully saturated rings. The first-order valence-electron chi connectivity index (χ1n) is 3.16. The Morgan fingerprint density at radius 1 is 1.56 bits per heavy atom. The van der Waals surface area contributed by atoms with Gasteiger partial charge in [-0.3, -0.25) is 0 Å². The van der Waals surface area contributed by atoms with Crippen LogP contribution in [0.1, 0.15) is 31.1 Å². The first kappa shape index (κ1) is 4.97. The lowest BCUT2D eigenvalue weighted by atomic mass is 9.85. The van der Waals surface area contributed by atoms with Crippen LogP contribution in [0.25, 0.3) is 0 Å². The summed E-state index contributed by atoms with van der Waals surface area (Å²) in [6.45, 7) is 0. The van der Waals surface area contributed by atoms with E-state index in [1.165, 1.54) is 19.3 Å². The molecule has 1 aliphatic carbocycles. The van der Waals surface area contributed by atoms with E-state index in [1.54, 1.807) is 0 Å². The maximum atomic E-state index is 4.89. The molecular weight excluding hydrogens is 116 g/mol. The summed E-state index contributed by atoms with van der Waals surface area (Å²) in [5.41, 5.74) is 0. The monoisotopic (exact) mass is 123 g/mol. The van der Waals surface area contributed by atoms with E-state index in [0.29, 0.717) is 5.92 Å². The molecule has 1 aromatic rings. The van der Waals surface area contributed by atoms with Crippen molar-refractivity contribution in [1.82, 2.24) is 10.2 Å². The highest BCUT2D eigenvalue weighted by molar-refractivity contribution is 4.93. The molecular formula is C6H7N2O. The van der Waals surface area contributed by atoms with Crippen molar-refractivity contribution in [3.05, 3.63) is 12.3 Å². The minimum Gasteiger partial charge on any atom is -0.417 e. The van der Waals surface area contributed by atoms with Crippen molar-refractivity contribution < 1.29 is 4.42 Å². The van der Waals surface area contributed by atoms with Gasteiger partial charge in [-0.05, 0) is 12.8 Å². The minimum absolute atomic E-state index is 0.545. The van der Waals surface area contributed by atoms with Gasteiger partial charge in [-0.25, -0.2) is 0 Å². The maximum absolute atomic E-state index is 4.89. The molecule has 0 bridgehead atoms. The average molecular weight is 123 g/mol. The Kier molecular flexibility index (Phi) is 1.01. The van der Waals surface area contributed by atoms with E-state index in [1.807, 2.05) is 0 Å². The molecule has 1 radical (unpaired) electrons. The van der Waals surface area contributed by atoms with Crippen LogP contribution in [0.5, 0.6) is 0 Å². The quantitative estimate of drug-likeness (QED) is 0.562. The van der Waals surface area contributed by atoms with Gasteiger partial charge in [-0.2, -0.15) is 0 Å². The van der Waals surface area contributed by atoms with Crippen LogP contribution in [0.2, 0.25) is 0 Å². The van der Waals surface area contributed by atoms with Gasteiger partial charge in [0, 0.05) is 5.92 Å². The smallest absolute Gasteiger partial charge is 0.305 e. The van der Waals surface area contributed by atoms with Crippen LogP contribution >= 0.6 is 0 Å². The predicted molar refractivity (Wildman–Crippen MR) is 29.7 cm³/mol. The first-order valence-corrected chi connectivity index (χ1v) is 3.16. The Morgan fingerprint density at radius 2 is 2.44 bits per heavy atom. The summed E-state index contributed by atoms with van der Waals surface area (Å²) in [6, 6.07) is 0. The summed E-state index contributed by atoms with van der Waals surface area (Å²) < 4.78 is 4.89. The summed E-state index contributed by atoms with van der Waals surface area (Å²) in [5.74, 6) is 1.31. The van der Waals surface area contributed by atoms with Gasteiger partial charge in [0.05, 0.1) is 0 Å². The molecule has 9 heavy (non-hydrogen) atoms. The zero-order valence-electron chi connectivity index (χ0n) is 5.00. The molecule has 0 amide bonds. The molecule has 1 aliphatic rings. The van der Waals surface area contributed by atoms with Crippen LogP contribution in [0.4, 0.5) is 0 Å². The van der Waals surface area contributed by atoms with E-state index >= 15 is 0 Å². The Hall–Kier alpha value is -0.860. The molecule has 0 aromatic carbocycles. The van der Waals surface area contributed by atoms with E-state index in [0.717, 1.165) is 5.89 Å². The topological polar surface area (TPSA) is 38.9 Å². The second-order valence-electron chi connectivity index (χ2n) is 2.36. The second-order valence-corrected chi connectivity index (χ2v) is 2.36. The third-order valence-electron chi connectivity index (χ3n) is 1.79. The molecule has 0 atom stereocenters. The molecule has 0 saturated heterocycles. The van der Waals surface area contributed by atoms with Crippen molar-refractivity contribution >= 4 is 0 Å². The summed E-state index contributed by atoms with van der Waals surface area (Å²) in [5, 5.41) is 7.25. The minimum atomic E-state index is 0.545. The first-order chi connectivity index (χ1) is 4.47. The van der Waals surface area contributed by atoms with E-state index in [4.69, 9.17) is 4.42 Å². The fourth-order valence-electron chi connectivity index (χ4n) is 0.977. The Bertz CT molecular complexity index is 179. The summed E-state index contributed by atoms with van der Waals surface area (Å²) in [4.78, 5) is 0. The molecule has 1 saturated carbocycles. The molecule has 47 valence electrons. The van der Waals surface area contributed by atoms with Gasteiger partial charge in [0.1, 0.15) is 0 Å². The lowest BCUT2D eigenvalue weighted by molar-refractivity contribution is 0.333. The third kappa shape index (κ3) is 0.724. The normalized spacial score (nSPS) is 19.6. The number of hydrogen-bond acceptors (Lipinski definition) is 3. The van der Waals surface area contributed by atoms with E-state index < -0.39 is 0 Å². The fourth-order valence-corrected chi connectivity index (χ4v) is 0.977. The molecule has 0 unspecified atom stereocenters. The molecule has 1 heterocycles. The summed E-state index contributed by atoms with van der Waals surface area (Å²) in [7, 11) is 0. The van der Waals surface area contributed by atoms with Gasteiger partial charge in [0.2, 0.25) is 5.89 Å². The highest BCUT2D eigenvalue weighted by Crippen LogP contribution is 2.34. The zero-order chi connectivity index (χ0) is 6.10. The van der Waals surface area contributed by atoms with Gasteiger partial charge in [0.15, 0.2) is 0 Å². The van der Waals surface area contributed by atoms with Crippen LogP contribution < -0.4 is 0 Å². The van der Waals surface area contributed by atoms with Crippen molar-refractivity contribution in [3.8, 4) is 0 Å². The van der Waals surface area contributed by atoms with Crippen LogP contribution in [0.3, 0.4) is 0 Å². The Balaban J connectivity index is 2.14. The van der Waals surface area contributed by atoms with Crippen LogP contribution in [-0.4, -0.2) is 10.2 Å². The van der Waals surface area contributed by atoms with Gasteiger partial charge in [-0.15, -0.1) is 10.2 Å². The Morgan fingerprint density at radius 3 is 2.89 bits per heavy atom. The van der Waals surface area contributed by atoms with Crippen molar-refractivity contribution in [1.29, 1.82) is 0 Å².